The van der Waals surface area contributed by atoms with Crippen molar-refractivity contribution in [2.75, 3.05) is 29.2 Å². The van der Waals surface area contributed by atoms with E-state index in [0.717, 1.165) is 19.3 Å². The second-order valence-electron chi connectivity index (χ2n) is 8.05. The van der Waals surface area contributed by atoms with E-state index in [-0.39, 0.29) is 17.7 Å². The van der Waals surface area contributed by atoms with Crippen LogP contribution >= 0.6 is 11.3 Å². The van der Waals surface area contributed by atoms with Crippen LogP contribution in [0.2, 0.25) is 0 Å². The van der Waals surface area contributed by atoms with Gasteiger partial charge in [-0.15, -0.1) is 11.3 Å². The third-order valence-corrected chi connectivity index (χ3v) is 6.55. The lowest BCUT2D eigenvalue weighted by Crippen LogP contribution is -2.24. The van der Waals surface area contributed by atoms with E-state index in [1.165, 1.54) is 12.0 Å². The molecule has 8 heteroatoms. The van der Waals surface area contributed by atoms with Crippen molar-refractivity contribution in [3.05, 3.63) is 70.4 Å². The molecule has 0 radical (unpaired) electrons. The summed E-state index contributed by atoms with van der Waals surface area (Å²) in [6.07, 6.45) is 3.42. The molecular formula is C26H27N3O4S. The van der Waals surface area contributed by atoms with Gasteiger partial charge in [0.05, 0.1) is 12.8 Å². The van der Waals surface area contributed by atoms with Crippen LogP contribution in [0.5, 0.6) is 5.75 Å². The summed E-state index contributed by atoms with van der Waals surface area (Å²) in [5.74, 6) is 0.212. The Morgan fingerprint density at radius 3 is 2.65 bits per heavy atom. The number of methoxy groups -OCH3 is 1. The molecule has 1 fully saturated rings. The number of amides is 3. The van der Waals surface area contributed by atoms with Gasteiger partial charge in [0.1, 0.15) is 5.75 Å². The lowest BCUT2D eigenvalue weighted by Gasteiger charge is -2.19. The molecule has 0 spiro atoms. The largest absolute Gasteiger partial charge is 0.494 e. The monoisotopic (exact) mass is 477 g/mol. The van der Waals surface area contributed by atoms with Gasteiger partial charge in [-0.05, 0) is 61.0 Å². The Bertz CT molecular complexity index is 1180. The van der Waals surface area contributed by atoms with E-state index in [1.54, 1.807) is 58.7 Å². The average Bonchev–Trinajstić information content (AvgIpc) is 3.51. The Labute approximate surface area is 202 Å². The van der Waals surface area contributed by atoms with Crippen molar-refractivity contribution in [2.24, 2.45) is 0 Å². The molecule has 1 aromatic heterocycles. The number of nitrogens with zero attached hydrogens (tertiary/aromatic N) is 1. The average molecular weight is 478 g/mol. The van der Waals surface area contributed by atoms with Crippen LogP contribution in [0.25, 0.3) is 0 Å². The van der Waals surface area contributed by atoms with Gasteiger partial charge in [0.2, 0.25) is 11.8 Å². The quantitative estimate of drug-likeness (QED) is 0.449. The molecule has 0 atom stereocenters. The van der Waals surface area contributed by atoms with Gasteiger partial charge >= 0.3 is 0 Å². The molecular weight excluding hydrogens is 450 g/mol. The molecule has 0 aliphatic carbocycles. The highest BCUT2D eigenvalue weighted by atomic mass is 32.1. The standard InChI is InChI=1S/C26H27N3O4S/c1-33-23-17-20(12-13-22(23)29-14-4-11-25(29)31)28-26(32)18-6-2-7-19(16-18)27-24(30)10-3-8-21-9-5-15-34-21/h2,5-7,9,12-13,15-17H,3-4,8,10-11,14H2,1H3,(H,27,30)(H,28,32). The highest BCUT2D eigenvalue weighted by molar-refractivity contribution is 7.09. The summed E-state index contributed by atoms with van der Waals surface area (Å²) in [4.78, 5) is 40.2. The fraction of sp³-hybridized carbons (Fsp3) is 0.269. The first-order valence-electron chi connectivity index (χ1n) is 11.3. The number of anilines is 3. The molecule has 1 aliphatic rings. The smallest absolute Gasteiger partial charge is 0.255 e. The number of thiophene rings is 1. The number of ether oxygens (including phenoxy) is 1. The van der Waals surface area contributed by atoms with Gasteiger partial charge < -0.3 is 20.3 Å². The van der Waals surface area contributed by atoms with Gasteiger partial charge in [-0.1, -0.05) is 12.1 Å². The highest BCUT2D eigenvalue weighted by Gasteiger charge is 2.24. The van der Waals surface area contributed by atoms with Crippen LogP contribution in [0.1, 0.15) is 40.9 Å². The summed E-state index contributed by atoms with van der Waals surface area (Å²) in [7, 11) is 1.54. The zero-order valence-corrected chi connectivity index (χ0v) is 19.8. The Balaban J connectivity index is 1.36. The Morgan fingerprint density at radius 1 is 1.06 bits per heavy atom. The fourth-order valence-corrected chi connectivity index (χ4v) is 4.68. The van der Waals surface area contributed by atoms with Gasteiger partial charge in [0.25, 0.3) is 5.91 Å². The van der Waals surface area contributed by atoms with E-state index in [9.17, 15) is 14.4 Å². The van der Waals surface area contributed by atoms with Crippen LogP contribution in [-0.2, 0) is 16.0 Å². The summed E-state index contributed by atoms with van der Waals surface area (Å²) in [5, 5.41) is 7.76. The van der Waals surface area contributed by atoms with E-state index in [2.05, 4.69) is 16.7 Å². The van der Waals surface area contributed by atoms with Crippen molar-refractivity contribution in [3.63, 3.8) is 0 Å². The number of rotatable bonds is 9. The molecule has 1 aliphatic heterocycles. The van der Waals surface area contributed by atoms with Crippen molar-refractivity contribution in [1.29, 1.82) is 0 Å². The molecule has 0 bridgehead atoms. The number of hydrogen-bond donors (Lipinski definition) is 2. The van der Waals surface area contributed by atoms with Crippen LogP contribution in [0.4, 0.5) is 17.1 Å². The first-order chi connectivity index (χ1) is 16.5. The topological polar surface area (TPSA) is 87.7 Å². The second-order valence-corrected chi connectivity index (χ2v) is 9.08. The van der Waals surface area contributed by atoms with E-state index in [1.807, 2.05) is 11.4 Å². The predicted octanol–water partition coefficient (Wildman–Crippen LogP) is 5.10. The summed E-state index contributed by atoms with van der Waals surface area (Å²) in [6.45, 7) is 0.660. The molecule has 2 heterocycles. The van der Waals surface area contributed by atoms with Crippen molar-refractivity contribution < 1.29 is 19.1 Å². The summed E-state index contributed by atoms with van der Waals surface area (Å²) >= 11 is 1.69. The normalized spacial score (nSPS) is 13.1. The van der Waals surface area contributed by atoms with E-state index >= 15 is 0 Å². The number of carbonyl (C=O) groups is 3. The van der Waals surface area contributed by atoms with E-state index in [4.69, 9.17) is 4.74 Å². The van der Waals surface area contributed by atoms with Crippen molar-refractivity contribution in [2.45, 2.75) is 32.1 Å². The van der Waals surface area contributed by atoms with Gasteiger partial charge in [-0.25, -0.2) is 0 Å². The molecule has 34 heavy (non-hydrogen) atoms. The molecule has 2 aromatic carbocycles. The zero-order chi connectivity index (χ0) is 23.9. The molecule has 1 saturated heterocycles. The number of hydrogen-bond acceptors (Lipinski definition) is 5. The maximum Gasteiger partial charge on any atom is 0.255 e. The van der Waals surface area contributed by atoms with Gasteiger partial charge in [0, 0.05) is 47.3 Å². The van der Waals surface area contributed by atoms with E-state index < -0.39 is 0 Å². The van der Waals surface area contributed by atoms with Gasteiger partial charge in [-0.3, -0.25) is 14.4 Å². The highest BCUT2D eigenvalue weighted by Crippen LogP contribution is 2.34. The third kappa shape index (κ3) is 5.82. The van der Waals surface area contributed by atoms with Crippen molar-refractivity contribution in [3.8, 4) is 5.75 Å². The summed E-state index contributed by atoms with van der Waals surface area (Å²) in [6, 6.07) is 16.2. The number of benzene rings is 2. The fourth-order valence-electron chi connectivity index (χ4n) is 3.92. The van der Waals surface area contributed by atoms with Crippen LogP contribution in [0.3, 0.4) is 0 Å². The lowest BCUT2D eigenvalue weighted by atomic mass is 10.1. The molecule has 4 rings (SSSR count). The third-order valence-electron chi connectivity index (χ3n) is 5.62. The summed E-state index contributed by atoms with van der Waals surface area (Å²) < 4.78 is 5.46. The Morgan fingerprint density at radius 2 is 1.91 bits per heavy atom. The number of carbonyl (C=O) groups excluding carboxylic acids is 3. The first-order valence-corrected chi connectivity index (χ1v) is 12.1. The van der Waals surface area contributed by atoms with Crippen LogP contribution in [0.15, 0.2) is 60.0 Å². The van der Waals surface area contributed by atoms with Crippen molar-refractivity contribution >= 4 is 46.1 Å². The first kappa shape index (κ1) is 23.5. The van der Waals surface area contributed by atoms with Crippen LogP contribution in [0, 0.1) is 0 Å². The molecule has 0 saturated carbocycles. The van der Waals surface area contributed by atoms with Crippen LogP contribution in [-0.4, -0.2) is 31.4 Å². The second kappa shape index (κ2) is 11.0. The van der Waals surface area contributed by atoms with E-state index in [0.29, 0.717) is 47.8 Å². The zero-order valence-electron chi connectivity index (χ0n) is 19.0. The SMILES string of the molecule is COc1cc(NC(=O)c2cccc(NC(=O)CCCc3cccs3)c2)ccc1N1CCCC1=O. The molecule has 0 unspecified atom stereocenters. The molecule has 3 aromatic rings. The maximum absolute atomic E-state index is 12.8. The molecule has 2 N–H and O–H groups in total. The minimum Gasteiger partial charge on any atom is -0.494 e. The van der Waals surface area contributed by atoms with Crippen LogP contribution < -0.4 is 20.3 Å². The predicted molar refractivity (Wildman–Crippen MR) is 135 cm³/mol. The molecule has 176 valence electrons. The Kier molecular flexibility index (Phi) is 7.59. The Hall–Kier alpha value is -3.65. The minimum absolute atomic E-state index is 0.0699. The minimum atomic E-state index is -0.305. The van der Waals surface area contributed by atoms with Gasteiger partial charge in [0.15, 0.2) is 0 Å². The number of aryl methyl sites for hydroxylation is 1. The molecule has 3 amide bonds. The summed E-state index contributed by atoms with van der Waals surface area (Å²) in [5.41, 5.74) is 2.26. The maximum atomic E-state index is 12.8. The lowest BCUT2D eigenvalue weighted by molar-refractivity contribution is -0.117. The molecule has 7 nitrogen and oxygen atoms in total. The van der Waals surface area contributed by atoms with Gasteiger partial charge in [-0.2, -0.15) is 0 Å². The number of nitrogens with one attached hydrogen (secondary N) is 2. The van der Waals surface area contributed by atoms with Crippen molar-refractivity contribution in [1.82, 2.24) is 0 Å².